The summed E-state index contributed by atoms with van der Waals surface area (Å²) in [6.07, 6.45) is -1.98. The minimum absolute atomic E-state index is 0.161. The Morgan fingerprint density at radius 1 is 1.20 bits per heavy atom. The molecule has 1 heterocycles. The lowest BCUT2D eigenvalue weighted by molar-refractivity contribution is -0.137. The average Bonchev–Trinajstić information content (AvgIpc) is 2.57. The van der Waals surface area contributed by atoms with Gasteiger partial charge in [-0.2, -0.15) is 13.2 Å². The lowest BCUT2D eigenvalue weighted by Gasteiger charge is -2.17. The number of anilines is 2. The van der Waals surface area contributed by atoms with Crippen LogP contribution in [-0.2, 0) is 6.18 Å². The summed E-state index contributed by atoms with van der Waals surface area (Å²) < 4.78 is 38.6. The van der Waals surface area contributed by atoms with Crippen LogP contribution in [0.3, 0.4) is 0 Å². The van der Waals surface area contributed by atoms with Crippen LogP contribution >= 0.6 is 11.6 Å². The number of nitrogens with one attached hydrogen (secondary N) is 1. The molecule has 9 heteroatoms. The highest BCUT2D eigenvalue weighted by Gasteiger charge is 2.33. The molecule has 0 saturated heterocycles. The van der Waals surface area contributed by atoms with Crippen LogP contribution in [0.4, 0.5) is 24.7 Å². The van der Waals surface area contributed by atoms with Crippen molar-refractivity contribution in [2.45, 2.75) is 20.0 Å². The zero-order valence-corrected chi connectivity index (χ0v) is 14.3. The van der Waals surface area contributed by atoms with Crippen LogP contribution < -0.4 is 5.32 Å². The monoisotopic (exact) mass is 372 g/mol. The normalized spacial score (nSPS) is 11.3. The smallest absolute Gasteiger partial charge is 0.339 e. The molecule has 0 spiro atoms. The van der Waals surface area contributed by atoms with E-state index in [2.05, 4.69) is 15.3 Å². The Kier molecular flexibility index (Phi) is 5.84. The standard InChI is InChI=1S/C16H16ClF3N4O/c1-3-24(4-2)15(25)13-8-22-14(9-21-13)23-10-5-6-12(17)11(7-10)16(18,19)20/h5-9H,3-4H2,1-2H3,(H,22,23). The summed E-state index contributed by atoms with van der Waals surface area (Å²) >= 11 is 5.58. The van der Waals surface area contributed by atoms with Crippen molar-refractivity contribution in [2.75, 3.05) is 18.4 Å². The molecule has 0 aliphatic heterocycles. The van der Waals surface area contributed by atoms with Gasteiger partial charge in [0.1, 0.15) is 11.5 Å². The van der Waals surface area contributed by atoms with E-state index in [1.807, 2.05) is 13.8 Å². The number of nitrogens with zero attached hydrogens (tertiary/aromatic N) is 3. The van der Waals surface area contributed by atoms with Gasteiger partial charge in [0.25, 0.3) is 5.91 Å². The van der Waals surface area contributed by atoms with Gasteiger partial charge in [-0.25, -0.2) is 9.97 Å². The fourth-order valence-electron chi connectivity index (χ4n) is 2.14. The molecule has 0 atom stereocenters. The Hall–Kier alpha value is -2.35. The molecule has 1 aromatic heterocycles. The van der Waals surface area contributed by atoms with E-state index in [9.17, 15) is 18.0 Å². The summed E-state index contributed by atoms with van der Waals surface area (Å²) in [6.45, 7) is 4.79. The maximum Gasteiger partial charge on any atom is 0.417 e. The quantitative estimate of drug-likeness (QED) is 0.846. The molecule has 0 radical (unpaired) electrons. The molecule has 0 aliphatic carbocycles. The molecular weight excluding hydrogens is 357 g/mol. The van der Waals surface area contributed by atoms with E-state index >= 15 is 0 Å². The Labute approximate surface area is 147 Å². The first-order valence-corrected chi connectivity index (χ1v) is 7.89. The first-order valence-electron chi connectivity index (χ1n) is 7.51. The number of hydrogen-bond donors (Lipinski definition) is 1. The first kappa shape index (κ1) is 19.0. The van der Waals surface area contributed by atoms with Gasteiger partial charge >= 0.3 is 6.18 Å². The Balaban J connectivity index is 2.18. The predicted molar refractivity (Wildman–Crippen MR) is 89.0 cm³/mol. The van der Waals surface area contributed by atoms with Gasteiger partial charge in [-0.1, -0.05) is 11.6 Å². The van der Waals surface area contributed by atoms with Gasteiger partial charge < -0.3 is 10.2 Å². The highest BCUT2D eigenvalue weighted by molar-refractivity contribution is 6.31. The number of alkyl halides is 3. The third-order valence-corrected chi connectivity index (χ3v) is 3.80. The van der Waals surface area contributed by atoms with Crippen molar-refractivity contribution in [1.82, 2.24) is 14.9 Å². The Morgan fingerprint density at radius 3 is 2.40 bits per heavy atom. The van der Waals surface area contributed by atoms with Crippen LogP contribution in [0, 0.1) is 0 Å². The number of hydrogen-bond acceptors (Lipinski definition) is 4. The third kappa shape index (κ3) is 4.60. The van der Waals surface area contributed by atoms with Gasteiger partial charge in [-0.15, -0.1) is 0 Å². The van der Waals surface area contributed by atoms with E-state index in [0.29, 0.717) is 13.1 Å². The molecule has 0 saturated carbocycles. The van der Waals surface area contributed by atoms with Crippen LogP contribution in [-0.4, -0.2) is 33.9 Å². The van der Waals surface area contributed by atoms with Gasteiger partial charge in [0, 0.05) is 18.8 Å². The zero-order valence-electron chi connectivity index (χ0n) is 13.6. The maximum atomic E-state index is 12.9. The Morgan fingerprint density at radius 2 is 1.88 bits per heavy atom. The molecule has 0 unspecified atom stereocenters. The summed E-state index contributed by atoms with van der Waals surface area (Å²) in [5.41, 5.74) is -0.615. The average molecular weight is 373 g/mol. The molecular formula is C16H16ClF3N4O. The summed E-state index contributed by atoms with van der Waals surface area (Å²) in [7, 11) is 0. The second kappa shape index (κ2) is 7.69. The van der Waals surface area contributed by atoms with Gasteiger partial charge in [0.05, 0.1) is 23.0 Å². The molecule has 0 aliphatic rings. The lowest BCUT2D eigenvalue weighted by Crippen LogP contribution is -2.31. The maximum absolute atomic E-state index is 12.9. The number of rotatable bonds is 5. The van der Waals surface area contributed by atoms with Crippen molar-refractivity contribution < 1.29 is 18.0 Å². The van der Waals surface area contributed by atoms with Crippen LogP contribution in [0.25, 0.3) is 0 Å². The van der Waals surface area contributed by atoms with Crippen molar-refractivity contribution >= 4 is 29.0 Å². The summed E-state index contributed by atoms with van der Waals surface area (Å²) in [4.78, 5) is 21.8. The summed E-state index contributed by atoms with van der Waals surface area (Å²) in [5.74, 6) is -0.0403. The van der Waals surface area contributed by atoms with E-state index in [1.54, 1.807) is 4.90 Å². The fraction of sp³-hybridized carbons (Fsp3) is 0.312. The highest BCUT2D eigenvalue weighted by Crippen LogP contribution is 2.36. The second-order valence-electron chi connectivity index (χ2n) is 5.08. The summed E-state index contributed by atoms with van der Waals surface area (Å²) in [6, 6.07) is 3.44. The van der Waals surface area contributed by atoms with Crippen LogP contribution in [0.2, 0.25) is 5.02 Å². The first-order chi connectivity index (χ1) is 11.8. The molecule has 5 nitrogen and oxygen atoms in total. The van der Waals surface area contributed by atoms with Crippen LogP contribution in [0.5, 0.6) is 0 Å². The van der Waals surface area contributed by atoms with E-state index in [0.717, 1.165) is 12.1 Å². The van der Waals surface area contributed by atoms with Crippen molar-refractivity contribution in [1.29, 1.82) is 0 Å². The van der Waals surface area contributed by atoms with E-state index in [4.69, 9.17) is 11.6 Å². The van der Waals surface area contributed by atoms with Crippen molar-refractivity contribution in [3.63, 3.8) is 0 Å². The molecule has 1 aromatic carbocycles. The van der Waals surface area contributed by atoms with Crippen LogP contribution in [0.15, 0.2) is 30.6 Å². The van der Waals surface area contributed by atoms with Crippen molar-refractivity contribution in [3.05, 3.63) is 46.9 Å². The van der Waals surface area contributed by atoms with Gasteiger partial charge in [0.2, 0.25) is 0 Å². The largest absolute Gasteiger partial charge is 0.417 e. The molecule has 1 N–H and O–H groups in total. The second-order valence-corrected chi connectivity index (χ2v) is 5.49. The molecule has 2 aromatic rings. The topological polar surface area (TPSA) is 58.1 Å². The van der Waals surface area contributed by atoms with Crippen molar-refractivity contribution in [2.24, 2.45) is 0 Å². The zero-order chi connectivity index (χ0) is 18.6. The fourth-order valence-corrected chi connectivity index (χ4v) is 2.37. The number of amides is 1. The number of aromatic nitrogens is 2. The minimum Gasteiger partial charge on any atom is -0.339 e. The molecule has 0 fully saturated rings. The molecule has 134 valence electrons. The highest BCUT2D eigenvalue weighted by atomic mass is 35.5. The van der Waals surface area contributed by atoms with Gasteiger partial charge in [0.15, 0.2) is 0 Å². The Bertz CT molecular complexity index is 746. The van der Waals surface area contributed by atoms with Gasteiger partial charge in [-0.3, -0.25) is 4.79 Å². The van der Waals surface area contributed by atoms with Crippen LogP contribution in [0.1, 0.15) is 29.9 Å². The number of benzene rings is 1. The molecule has 1 amide bonds. The SMILES string of the molecule is CCN(CC)C(=O)c1cnc(Nc2ccc(Cl)c(C(F)(F)F)c2)cn1. The number of carbonyl (C=O) groups excluding carboxylic acids is 1. The van der Waals surface area contributed by atoms with E-state index in [-0.39, 0.29) is 28.1 Å². The lowest BCUT2D eigenvalue weighted by atomic mass is 10.2. The van der Waals surface area contributed by atoms with E-state index in [1.165, 1.54) is 18.5 Å². The van der Waals surface area contributed by atoms with Gasteiger partial charge in [-0.05, 0) is 32.0 Å². The molecule has 25 heavy (non-hydrogen) atoms. The number of halogens is 4. The van der Waals surface area contributed by atoms with E-state index < -0.39 is 11.7 Å². The number of carbonyl (C=O) groups is 1. The molecule has 0 bridgehead atoms. The minimum atomic E-state index is -4.56. The third-order valence-electron chi connectivity index (χ3n) is 3.47. The summed E-state index contributed by atoms with van der Waals surface area (Å²) in [5, 5.41) is 2.32. The molecule has 2 rings (SSSR count). The van der Waals surface area contributed by atoms with Crippen molar-refractivity contribution in [3.8, 4) is 0 Å². The predicted octanol–water partition coefficient (Wildman–Crippen LogP) is 4.37.